The number of ether oxygens (including phenoxy) is 1. The van der Waals surface area contributed by atoms with Crippen molar-refractivity contribution < 1.29 is 9.53 Å². The largest absolute Gasteiger partial charge is 0.488 e. The molecule has 10 heteroatoms. The Morgan fingerprint density at radius 3 is 2.66 bits per heavy atom. The second-order valence-electron chi connectivity index (χ2n) is 7.76. The van der Waals surface area contributed by atoms with Gasteiger partial charge in [-0.1, -0.05) is 6.07 Å². The van der Waals surface area contributed by atoms with Crippen LogP contribution in [-0.4, -0.2) is 47.8 Å². The van der Waals surface area contributed by atoms with Crippen molar-refractivity contribution in [3.8, 4) is 11.6 Å². The molecular weight excluding hydrogens is 408 g/mol. The SMILES string of the molecule is Nc1cc(OC2CCC(NC(=O)c3cccc(-n4cnnc4)n3)CC2)c2nccnc2c1. The van der Waals surface area contributed by atoms with E-state index in [2.05, 4.69) is 30.5 Å². The van der Waals surface area contributed by atoms with E-state index in [9.17, 15) is 4.79 Å². The van der Waals surface area contributed by atoms with Gasteiger partial charge in [0.2, 0.25) is 0 Å². The molecule has 3 heterocycles. The second kappa shape index (κ2) is 8.58. The maximum atomic E-state index is 12.7. The van der Waals surface area contributed by atoms with Crippen LogP contribution in [0.1, 0.15) is 36.2 Å². The predicted octanol–water partition coefficient (Wildman–Crippen LogP) is 2.31. The normalized spacial score (nSPS) is 18.4. The molecule has 0 saturated heterocycles. The van der Waals surface area contributed by atoms with Gasteiger partial charge in [-0.2, -0.15) is 0 Å². The number of nitrogen functional groups attached to an aromatic ring is 1. The molecule has 10 nitrogen and oxygen atoms in total. The number of anilines is 1. The average Bonchev–Trinajstić information content (AvgIpc) is 3.35. The summed E-state index contributed by atoms with van der Waals surface area (Å²) in [5.41, 5.74) is 8.36. The molecule has 3 aromatic heterocycles. The standard InChI is InChI=1S/C22H22N8O2/c23-14-10-18-21(25-9-8-24-18)19(11-14)32-16-6-4-15(5-7-16)28-22(31)17-2-1-3-20(29-17)30-12-26-27-13-30/h1-3,8-13,15-16H,4-7,23H2,(H,28,31). The van der Waals surface area contributed by atoms with E-state index in [1.165, 1.54) is 0 Å². The fourth-order valence-electron chi connectivity index (χ4n) is 3.93. The third-order valence-electron chi connectivity index (χ3n) is 5.51. The summed E-state index contributed by atoms with van der Waals surface area (Å²) in [6, 6.07) is 8.94. The Morgan fingerprint density at radius 2 is 1.84 bits per heavy atom. The van der Waals surface area contributed by atoms with E-state index in [4.69, 9.17) is 10.5 Å². The van der Waals surface area contributed by atoms with Crippen LogP contribution < -0.4 is 15.8 Å². The van der Waals surface area contributed by atoms with Crippen molar-refractivity contribution in [2.24, 2.45) is 0 Å². The highest BCUT2D eigenvalue weighted by molar-refractivity contribution is 5.92. The molecule has 1 aliphatic carbocycles. The van der Waals surface area contributed by atoms with E-state index < -0.39 is 0 Å². The summed E-state index contributed by atoms with van der Waals surface area (Å²) in [7, 11) is 0. The van der Waals surface area contributed by atoms with Crippen molar-refractivity contribution in [3.63, 3.8) is 0 Å². The van der Waals surface area contributed by atoms with Gasteiger partial charge in [0.15, 0.2) is 0 Å². The number of carbonyl (C=O) groups excluding carboxylic acids is 1. The van der Waals surface area contributed by atoms with Crippen LogP contribution in [0.2, 0.25) is 0 Å². The Morgan fingerprint density at radius 1 is 1.06 bits per heavy atom. The molecule has 1 aliphatic rings. The molecule has 0 bridgehead atoms. The molecule has 32 heavy (non-hydrogen) atoms. The van der Waals surface area contributed by atoms with Crippen molar-refractivity contribution in [3.05, 3.63) is 61.1 Å². The van der Waals surface area contributed by atoms with Gasteiger partial charge in [0.1, 0.15) is 35.4 Å². The Hall–Kier alpha value is -4.08. The summed E-state index contributed by atoms with van der Waals surface area (Å²) in [4.78, 5) is 25.8. The van der Waals surface area contributed by atoms with Crippen molar-refractivity contribution in [2.75, 3.05) is 5.73 Å². The number of hydrogen-bond acceptors (Lipinski definition) is 8. The van der Waals surface area contributed by atoms with Gasteiger partial charge in [-0.05, 0) is 43.9 Å². The van der Waals surface area contributed by atoms with Crippen LogP contribution in [0, 0.1) is 0 Å². The first-order valence-electron chi connectivity index (χ1n) is 10.5. The highest BCUT2D eigenvalue weighted by Gasteiger charge is 2.25. The van der Waals surface area contributed by atoms with Crippen LogP contribution in [0.3, 0.4) is 0 Å². The summed E-state index contributed by atoms with van der Waals surface area (Å²) in [6.45, 7) is 0. The molecule has 4 aromatic rings. The van der Waals surface area contributed by atoms with Gasteiger partial charge < -0.3 is 15.8 Å². The number of pyridine rings is 1. The minimum absolute atomic E-state index is 0.0327. The number of amides is 1. The summed E-state index contributed by atoms with van der Waals surface area (Å²) in [5, 5.41) is 10.6. The topological polar surface area (TPSA) is 134 Å². The lowest BCUT2D eigenvalue weighted by atomic mass is 9.92. The molecule has 0 radical (unpaired) electrons. The van der Waals surface area contributed by atoms with Crippen LogP contribution in [0.15, 0.2) is 55.4 Å². The molecule has 1 amide bonds. The first kappa shape index (κ1) is 19.9. The summed E-state index contributed by atoms with van der Waals surface area (Å²) < 4.78 is 7.88. The molecule has 0 aliphatic heterocycles. The fourth-order valence-corrected chi connectivity index (χ4v) is 3.93. The lowest BCUT2D eigenvalue weighted by Crippen LogP contribution is -2.40. The maximum absolute atomic E-state index is 12.7. The molecule has 1 fully saturated rings. The van der Waals surface area contributed by atoms with Crippen LogP contribution in [0.4, 0.5) is 5.69 Å². The smallest absolute Gasteiger partial charge is 0.270 e. The minimum Gasteiger partial charge on any atom is -0.488 e. The van der Waals surface area contributed by atoms with Gasteiger partial charge in [0, 0.05) is 30.2 Å². The fraction of sp³-hybridized carbons (Fsp3) is 0.273. The highest BCUT2D eigenvalue weighted by Crippen LogP contribution is 2.30. The van der Waals surface area contributed by atoms with E-state index in [0.29, 0.717) is 34.0 Å². The number of benzene rings is 1. The Kier molecular flexibility index (Phi) is 5.32. The number of fused-ring (bicyclic) bond motifs is 1. The van der Waals surface area contributed by atoms with Crippen molar-refractivity contribution in [1.29, 1.82) is 0 Å². The van der Waals surface area contributed by atoms with E-state index in [-0.39, 0.29) is 18.1 Å². The Balaban J connectivity index is 1.20. The lowest BCUT2D eigenvalue weighted by Gasteiger charge is -2.29. The number of nitrogens with one attached hydrogen (secondary N) is 1. The van der Waals surface area contributed by atoms with Crippen LogP contribution >= 0.6 is 0 Å². The minimum atomic E-state index is -0.193. The maximum Gasteiger partial charge on any atom is 0.270 e. The van der Waals surface area contributed by atoms with Crippen LogP contribution in [0.25, 0.3) is 16.9 Å². The molecule has 0 spiro atoms. The van der Waals surface area contributed by atoms with Gasteiger partial charge in [-0.25, -0.2) is 9.97 Å². The molecule has 0 unspecified atom stereocenters. The summed E-state index contributed by atoms with van der Waals surface area (Å²) in [6.07, 6.45) is 9.65. The average molecular weight is 430 g/mol. The number of hydrogen-bond donors (Lipinski definition) is 2. The summed E-state index contributed by atoms with van der Waals surface area (Å²) >= 11 is 0. The Bertz CT molecular complexity index is 1240. The number of nitrogens with two attached hydrogens (primary N) is 1. The van der Waals surface area contributed by atoms with Gasteiger partial charge >= 0.3 is 0 Å². The molecule has 0 atom stereocenters. The number of aromatic nitrogens is 6. The molecule has 1 saturated carbocycles. The molecule has 162 valence electrons. The lowest BCUT2D eigenvalue weighted by molar-refractivity contribution is 0.0890. The van der Waals surface area contributed by atoms with E-state index in [1.807, 2.05) is 0 Å². The molecule has 5 rings (SSSR count). The molecular formula is C22H22N8O2. The third kappa shape index (κ3) is 4.20. The van der Waals surface area contributed by atoms with Crippen molar-refractivity contribution in [2.45, 2.75) is 37.8 Å². The predicted molar refractivity (Wildman–Crippen MR) is 117 cm³/mol. The monoisotopic (exact) mass is 430 g/mol. The van der Waals surface area contributed by atoms with Crippen molar-refractivity contribution >= 4 is 22.6 Å². The molecule has 3 N–H and O–H groups in total. The van der Waals surface area contributed by atoms with Gasteiger partial charge in [-0.3, -0.25) is 14.3 Å². The zero-order valence-electron chi connectivity index (χ0n) is 17.3. The van der Waals surface area contributed by atoms with Gasteiger partial charge in [0.25, 0.3) is 5.91 Å². The number of carbonyl (C=O) groups is 1. The first-order chi connectivity index (χ1) is 15.7. The van der Waals surface area contributed by atoms with Gasteiger partial charge in [-0.15, -0.1) is 10.2 Å². The van der Waals surface area contributed by atoms with Crippen molar-refractivity contribution in [1.82, 2.24) is 35.0 Å². The highest BCUT2D eigenvalue weighted by atomic mass is 16.5. The van der Waals surface area contributed by atoms with E-state index in [1.54, 1.807) is 59.9 Å². The van der Waals surface area contributed by atoms with Crippen LogP contribution in [-0.2, 0) is 0 Å². The van der Waals surface area contributed by atoms with Gasteiger partial charge in [0.05, 0.1) is 11.6 Å². The molecule has 1 aromatic carbocycles. The van der Waals surface area contributed by atoms with E-state index in [0.717, 1.165) is 25.7 Å². The zero-order chi connectivity index (χ0) is 21.9. The second-order valence-corrected chi connectivity index (χ2v) is 7.76. The number of nitrogens with zero attached hydrogens (tertiary/aromatic N) is 6. The number of rotatable bonds is 5. The first-order valence-corrected chi connectivity index (χ1v) is 10.5. The van der Waals surface area contributed by atoms with Crippen LogP contribution in [0.5, 0.6) is 5.75 Å². The Labute approximate surface area is 183 Å². The van der Waals surface area contributed by atoms with E-state index >= 15 is 0 Å². The third-order valence-corrected chi connectivity index (χ3v) is 5.51. The summed E-state index contributed by atoms with van der Waals surface area (Å²) in [5.74, 6) is 1.05. The zero-order valence-corrected chi connectivity index (χ0v) is 17.3. The quantitative estimate of drug-likeness (QED) is 0.461.